The zero-order valence-electron chi connectivity index (χ0n) is 8.18. The Morgan fingerprint density at radius 3 is 3.13 bits per heavy atom. The van der Waals surface area contributed by atoms with E-state index in [-0.39, 0.29) is 0 Å². The average Bonchev–Trinajstić information content (AvgIpc) is 2.71. The van der Waals surface area contributed by atoms with Crippen molar-refractivity contribution >= 4 is 23.2 Å². The van der Waals surface area contributed by atoms with Crippen molar-refractivity contribution in [1.29, 1.82) is 0 Å². The van der Waals surface area contributed by atoms with Crippen LogP contribution < -0.4 is 5.32 Å². The van der Waals surface area contributed by atoms with E-state index in [2.05, 4.69) is 27.3 Å². The second-order valence-electron chi connectivity index (χ2n) is 3.90. The Labute approximate surface area is 91.5 Å². The summed E-state index contributed by atoms with van der Waals surface area (Å²) in [5, 5.41) is 7.90. The van der Waals surface area contributed by atoms with Crippen molar-refractivity contribution in [2.45, 2.75) is 19.4 Å². The van der Waals surface area contributed by atoms with Crippen LogP contribution in [0.1, 0.15) is 13.3 Å². The van der Waals surface area contributed by atoms with Gasteiger partial charge in [-0.15, -0.1) is 0 Å². The smallest absolute Gasteiger partial charge is 0.255 e. The largest absolute Gasteiger partial charge is 0.367 e. The van der Waals surface area contributed by atoms with E-state index in [1.54, 1.807) is 10.6 Å². The van der Waals surface area contributed by atoms with E-state index in [0.29, 0.717) is 17.0 Å². The molecule has 0 spiro atoms. The molecule has 78 valence electrons. The molecule has 3 rings (SSSR count). The van der Waals surface area contributed by atoms with Gasteiger partial charge >= 0.3 is 0 Å². The second-order valence-corrected chi connectivity index (χ2v) is 4.29. The molecule has 1 fully saturated rings. The zero-order valence-corrected chi connectivity index (χ0v) is 8.94. The summed E-state index contributed by atoms with van der Waals surface area (Å²) in [6.07, 6.45) is 2.66. The number of fused-ring (bicyclic) bond motifs is 1. The van der Waals surface area contributed by atoms with Gasteiger partial charge in [0.15, 0.2) is 0 Å². The first-order chi connectivity index (χ1) is 7.24. The molecule has 2 aromatic rings. The Balaban J connectivity index is 2.03. The van der Waals surface area contributed by atoms with E-state index in [4.69, 9.17) is 11.6 Å². The minimum Gasteiger partial charge on any atom is -0.367 e. The molecule has 1 saturated carbocycles. The molecule has 1 N–H and O–H groups in total. The normalized spacial score (nSPS) is 24.4. The van der Waals surface area contributed by atoms with Crippen LogP contribution >= 0.6 is 11.6 Å². The molecule has 0 saturated heterocycles. The van der Waals surface area contributed by atoms with Gasteiger partial charge in [-0.1, -0.05) is 18.5 Å². The van der Waals surface area contributed by atoms with Crippen molar-refractivity contribution < 1.29 is 0 Å². The lowest BCUT2D eigenvalue weighted by Gasteiger charge is -2.06. The van der Waals surface area contributed by atoms with Crippen LogP contribution in [0.15, 0.2) is 12.4 Å². The Kier molecular flexibility index (Phi) is 1.82. The summed E-state index contributed by atoms with van der Waals surface area (Å²) in [7, 11) is 0. The number of hydrogen-bond donors (Lipinski definition) is 1. The molecule has 2 aromatic heterocycles. The summed E-state index contributed by atoms with van der Waals surface area (Å²) < 4.78 is 1.66. The molecule has 0 aromatic carbocycles. The lowest BCUT2D eigenvalue weighted by molar-refractivity contribution is 0.887. The van der Waals surface area contributed by atoms with Gasteiger partial charge < -0.3 is 5.32 Å². The lowest BCUT2D eigenvalue weighted by Crippen LogP contribution is -2.09. The van der Waals surface area contributed by atoms with Crippen molar-refractivity contribution in [2.24, 2.45) is 5.92 Å². The fraction of sp³-hybridized carbons (Fsp3) is 0.444. The first-order valence-corrected chi connectivity index (χ1v) is 5.24. The molecule has 1 aliphatic carbocycles. The predicted octanol–water partition coefficient (Wildman–Crippen LogP) is 1.60. The summed E-state index contributed by atoms with van der Waals surface area (Å²) in [4.78, 5) is 8.06. The lowest BCUT2D eigenvalue weighted by atomic mass is 10.4. The third-order valence-electron chi connectivity index (χ3n) is 2.66. The molecule has 2 atom stereocenters. The third kappa shape index (κ3) is 1.52. The molecular weight excluding hydrogens is 214 g/mol. The van der Waals surface area contributed by atoms with Crippen molar-refractivity contribution in [3.63, 3.8) is 0 Å². The number of rotatable bonds is 2. The van der Waals surface area contributed by atoms with Crippen LogP contribution in [-0.2, 0) is 0 Å². The molecule has 0 radical (unpaired) electrons. The van der Waals surface area contributed by atoms with Crippen molar-refractivity contribution in [1.82, 2.24) is 19.6 Å². The zero-order chi connectivity index (χ0) is 10.4. The SMILES string of the molecule is CC1CC1Nc1cc(Cl)nc2ncnn12. The second kappa shape index (κ2) is 3.06. The predicted molar refractivity (Wildman–Crippen MR) is 57.0 cm³/mol. The molecular formula is C9H10ClN5. The van der Waals surface area contributed by atoms with Crippen LogP contribution in [0.5, 0.6) is 0 Å². The number of anilines is 1. The standard InChI is InChI=1S/C9H10ClN5/c1-5-2-6(5)13-8-3-7(10)14-9-11-4-12-15(8)9/h3-6,13H,2H2,1H3. The number of aromatic nitrogens is 4. The highest BCUT2D eigenvalue weighted by molar-refractivity contribution is 6.29. The molecule has 0 aliphatic heterocycles. The Morgan fingerprint density at radius 1 is 1.60 bits per heavy atom. The molecule has 15 heavy (non-hydrogen) atoms. The maximum atomic E-state index is 5.89. The monoisotopic (exact) mass is 223 g/mol. The molecule has 6 heteroatoms. The Bertz CT molecular complexity index is 508. The van der Waals surface area contributed by atoms with Crippen LogP contribution in [0.3, 0.4) is 0 Å². The number of nitrogens with one attached hydrogen (secondary N) is 1. The maximum Gasteiger partial charge on any atom is 0.255 e. The van der Waals surface area contributed by atoms with E-state index in [0.717, 1.165) is 11.7 Å². The minimum atomic E-state index is 0.436. The highest BCUT2D eigenvalue weighted by atomic mass is 35.5. The first kappa shape index (κ1) is 8.91. The van der Waals surface area contributed by atoms with Gasteiger partial charge in [0.05, 0.1) is 0 Å². The highest BCUT2D eigenvalue weighted by Crippen LogP contribution is 2.32. The van der Waals surface area contributed by atoms with Gasteiger partial charge in [0, 0.05) is 12.1 Å². The van der Waals surface area contributed by atoms with E-state index in [1.807, 2.05) is 0 Å². The maximum absolute atomic E-state index is 5.89. The van der Waals surface area contributed by atoms with Crippen LogP contribution in [-0.4, -0.2) is 25.6 Å². The van der Waals surface area contributed by atoms with E-state index in [9.17, 15) is 0 Å². The van der Waals surface area contributed by atoms with Gasteiger partial charge in [-0.2, -0.15) is 19.6 Å². The van der Waals surface area contributed by atoms with Gasteiger partial charge in [-0.3, -0.25) is 0 Å². The van der Waals surface area contributed by atoms with Gasteiger partial charge in [-0.05, 0) is 12.3 Å². The van der Waals surface area contributed by atoms with E-state index >= 15 is 0 Å². The van der Waals surface area contributed by atoms with Crippen LogP contribution in [0, 0.1) is 5.92 Å². The van der Waals surface area contributed by atoms with Gasteiger partial charge in [-0.25, -0.2) is 0 Å². The van der Waals surface area contributed by atoms with E-state index in [1.165, 1.54) is 12.7 Å². The van der Waals surface area contributed by atoms with Crippen molar-refractivity contribution in [2.75, 3.05) is 5.32 Å². The fourth-order valence-electron chi connectivity index (χ4n) is 1.60. The van der Waals surface area contributed by atoms with Crippen molar-refractivity contribution in [3.8, 4) is 0 Å². The molecule has 1 aliphatic rings. The van der Waals surface area contributed by atoms with Crippen LogP contribution in [0.4, 0.5) is 5.82 Å². The first-order valence-electron chi connectivity index (χ1n) is 4.87. The van der Waals surface area contributed by atoms with E-state index < -0.39 is 0 Å². The van der Waals surface area contributed by atoms with Crippen LogP contribution in [0.2, 0.25) is 5.15 Å². The summed E-state index contributed by atoms with van der Waals surface area (Å²) in [6.45, 7) is 2.21. The third-order valence-corrected chi connectivity index (χ3v) is 2.86. The summed E-state index contributed by atoms with van der Waals surface area (Å²) >= 11 is 5.89. The van der Waals surface area contributed by atoms with Gasteiger partial charge in [0.1, 0.15) is 17.3 Å². The quantitative estimate of drug-likeness (QED) is 0.786. The van der Waals surface area contributed by atoms with Crippen LogP contribution in [0.25, 0.3) is 5.78 Å². The van der Waals surface area contributed by atoms with Gasteiger partial charge in [0.25, 0.3) is 5.78 Å². The fourth-order valence-corrected chi connectivity index (χ4v) is 1.78. The van der Waals surface area contributed by atoms with Crippen molar-refractivity contribution in [3.05, 3.63) is 17.5 Å². The number of nitrogens with zero attached hydrogens (tertiary/aromatic N) is 4. The molecule has 2 unspecified atom stereocenters. The molecule has 0 bridgehead atoms. The molecule has 5 nitrogen and oxygen atoms in total. The summed E-state index contributed by atoms with van der Waals surface area (Å²) in [6, 6.07) is 2.30. The molecule has 0 amide bonds. The average molecular weight is 224 g/mol. The minimum absolute atomic E-state index is 0.436. The topological polar surface area (TPSA) is 55.1 Å². The highest BCUT2D eigenvalue weighted by Gasteiger charge is 2.33. The molecule has 2 heterocycles. The Morgan fingerprint density at radius 2 is 2.40 bits per heavy atom. The summed E-state index contributed by atoms with van der Waals surface area (Å²) in [5.41, 5.74) is 0. The number of halogens is 1. The van der Waals surface area contributed by atoms with Gasteiger partial charge in [0.2, 0.25) is 0 Å². The summed E-state index contributed by atoms with van der Waals surface area (Å²) in [5.74, 6) is 2.10. The Hall–Kier alpha value is -1.36. The number of hydrogen-bond acceptors (Lipinski definition) is 4.